The highest BCUT2D eigenvalue weighted by atomic mass is 16.4. The fourth-order valence-electron chi connectivity index (χ4n) is 1.97. The summed E-state index contributed by atoms with van der Waals surface area (Å²) in [4.78, 5) is 30.4. The Balaban J connectivity index is 2.05. The molecular formula is C14H11N3O3. The maximum absolute atomic E-state index is 12.2. The molecule has 6 heteroatoms. The van der Waals surface area contributed by atoms with Crippen molar-refractivity contribution in [1.82, 2.24) is 9.97 Å². The van der Waals surface area contributed by atoms with E-state index in [1.165, 1.54) is 12.3 Å². The molecule has 3 aromatic rings. The molecular weight excluding hydrogens is 258 g/mol. The number of nitrogens with one attached hydrogen (secondary N) is 2. The first-order chi connectivity index (χ1) is 9.63. The molecule has 0 spiro atoms. The van der Waals surface area contributed by atoms with Gasteiger partial charge in [0, 0.05) is 17.0 Å². The summed E-state index contributed by atoms with van der Waals surface area (Å²) in [6.45, 7) is 1.73. The molecule has 2 heterocycles. The highest BCUT2D eigenvalue weighted by Crippen LogP contribution is 2.16. The van der Waals surface area contributed by atoms with Crippen molar-refractivity contribution in [3.8, 4) is 0 Å². The van der Waals surface area contributed by atoms with Crippen molar-refractivity contribution in [1.29, 1.82) is 0 Å². The number of H-pyrrole nitrogens is 1. The van der Waals surface area contributed by atoms with Crippen LogP contribution in [-0.2, 0) is 0 Å². The van der Waals surface area contributed by atoms with E-state index in [2.05, 4.69) is 15.3 Å². The SMILES string of the molecule is Cc1cnc(NC(=O)c2cc(=O)[nH]c3ccccc23)o1. The zero-order valence-electron chi connectivity index (χ0n) is 10.6. The molecule has 0 fully saturated rings. The van der Waals surface area contributed by atoms with Crippen LogP contribution in [0.4, 0.5) is 6.01 Å². The van der Waals surface area contributed by atoms with E-state index in [9.17, 15) is 9.59 Å². The summed E-state index contributed by atoms with van der Waals surface area (Å²) in [6, 6.07) is 8.46. The summed E-state index contributed by atoms with van der Waals surface area (Å²) in [5, 5.41) is 3.19. The molecule has 6 nitrogen and oxygen atoms in total. The number of pyridine rings is 1. The minimum absolute atomic E-state index is 0.108. The number of carbonyl (C=O) groups excluding carboxylic acids is 1. The van der Waals surface area contributed by atoms with Crippen LogP contribution in [0.5, 0.6) is 0 Å². The first kappa shape index (κ1) is 12.2. The number of aryl methyl sites for hydroxylation is 1. The van der Waals surface area contributed by atoms with E-state index in [-0.39, 0.29) is 17.1 Å². The number of amides is 1. The average molecular weight is 269 g/mol. The zero-order chi connectivity index (χ0) is 14.1. The fourth-order valence-corrected chi connectivity index (χ4v) is 1.97. The molecule has 1 aromatic carbocycles. The van der Waals surface area contributed by atoms with E-state index in [1.807, 2.05) is 0 Å². The summed E-state index contributed by atoms with van der Waals surface area (Å²) in [6.07, 6.45) is 1.51. The lowest BCUT2D eigenvalue weighted by Gasteiger charge is -2.05. The molecule has 1 amide bonds. The third kappa shape index (κ3) is 2.18. The van der Waals surface area contributed by atoms with Crippen LogP contribution in [-0.4, -0.2) is 15.9 Å². The van der Waals surface area contributed by atoms with Gasteiger partial charge in [-0.15, -0.1) is 0 Å². The molecule has 2 aromatic heterocycles. The van der Waals surface area contributed by atoms with Crippen LogP contribution < -0.4 is 10.9 Å². The number of rotatable bonds is 2. The predicted octanol–water partition coefficient (Wildman–Crippen LogP) is 2.08. The van der Waals surface area contributed by atoms with Crippen molar-refractivity contribution in [2.45, 2.75) is 6.92 Å². The molecule has 0 aliphatic heterocycles. The molecule has 0 aliphatic rings. The Morgan fingerprint density at radius 2 is 2.15 bits per heavy atom. The summed E-state index contributed by atoms with van der Waals surface area (Å²) >= 11 is 0. The van der Waals surface area contributed by atoms with Crippen molar-refractivity contribution in [3.05, 3.63) is 58.2 Å². The summed E-state index contributed by atoms with van der Waals surface area (Å²) in [5.41, 5.74) is 0.548. The normalized spacial score (nSPS) is 10.7. The van der Waals surface area contributed by atoms with E-state index in [1.54, 1.807) is 31.2 Å². The first-order valence-electron chi connectivity index (χ1n) is 5.99. The Bertz CT molecular complexity index is 848. The van der Waals surface area contributed by atoms with Gasteiger partial charge in [-0.25, -0.2) is 4.98 Å². The van der Waals surface area contributed by atoms with Gasteiger partial charge in [-0.1, -0.05) is 18.2 Å². The molecule has 20 heavy (non-hydrogen) atoms. The van der Waals surface area contributed by atoms with Gasteiger partial charge in [0.05, 0.1) is 11.8 Å². The number of carbonyl (C=O) groups is 1. The fraction of sp³-hybridized carbons (Fsp3) is 0.0714. The topological polar surface area (TPSA) is 88.0 Å². The molecule has 0 bridgehead atoms. The van der Waals surface area contributed by atoms with Crippen molar-refractivity contribution >= 4 is 22.8 Å². The monoisotopic (exact) mass is 269 g/mol. The van der Waals surface area contributed by atoms with Crippen molar-refractivity contribution in [3.63, 3.8) is 0 Å². The molecule has 3 rings (SSSR count). The van der Waals surface area contributed by atoms with Crippen LogP contribution in [0.15, 0.2) is 45.7 Å². The van der Waals surface area contributed by atoms with Gasteiger partial charge in [0.2, 0.25) is 5.56 Å². The number of aromatic nitrogens is 2. The maximum atomic E-state index is 12.2. The second-order valence-electron chi connectivity index (χ2n) is 4.32. The van der Waals surface area contributed by atoms with E-state index < -0.39 is 5.91 Å². The molecule has 0 radical (unpaired) electrons. The number of oxazole rings is 1. The minimum atomic E-state index is -0.436. The van der Waals surface area contributed by atoms with Gasteiger partial charge in [0.25, 0.3) is 5.91 Å². The third-order valence-electron chi connectivity index (χ3n) is 2.84. The van der Waals surface area contributed by atoms with Crippen LogP contribution in [0.3, 0.4) is 0 Å². The molecule has 0 atom stereocenters. The molecule has 100 valence electrons. The lowest BCUT2D eigenvalue weighted by molar-refractivity contribution is 0.102. The number of para-hydroxylation sites is 1. The summed E-state index contributed by atoms with van der Waals surface area (Å²) < 4.78 is 5.19. The zero-order valence-corrected chi connectivity index (χ0v) is 10.6. The Labute approximate surface area is 113 Å². The van der Waals surface area contributed by atoms with Crippen LogP contribution >= 0.6 is 0 Å². The lowest BCUT2D eigenvalue weighted by atomic mass is 10.1. The predicted molar refractivity (Wildman–Crippen MR) is 73.8 cm³/mol. The maximum Gasteiger partial charge on any atom is 0.301 e. The van der Waals surface area contributed by atoms with Gasteiger partial charge in [-0.3, -0.25) is 14.9 Å². The average Bonchev–Trinajstić information content (AvgIpc) is 2.83. The lowest BCUT2D eigenvalue weighted by Crippen LogP contribution is -2.17. The van der Waals surface area contributed by atoms with Gasteiger partial charge >= 0.3 is 6.01 Å². The summed E-state index contributed by atoms with van der Waals surface area (Å²) in [5.74, 6) is 0.158. The van der Waals surface area contributed by atoms with Gasteiger partial charge in [0.1, 0.15) is 5.76 Å². The highest BCUT2D eigenvalue weighted by Gasteiger charge is 2.13. The van der Waals surface area contributed by atoms with E-state index >= 15 is 0 Å². The number of fused-ring (bicyclic) bond motifs is 1. The second kappa shape index (κ2) is 4.65. The Morgan fingerprint density at radius 1 is 1.35 bits per heavy atom. The third-order valence-corrected chi connectivity index (χ3v) is 2.84. The largest absolute Gasteiger partial charge is 0.429 e. The van der Waals surface area contributed by atoms with Crippen LogP contribution in [0.1, 0.15) is 16.1 Å². The van der Waals surface area contributed by atoms with Crippen molar-refractivity contribution in [2.24, 2.45) is 0 Å². The van der Waals surface area contributed by atoms with E-state index in [4.69, 9.17) is 4.42 Å². The number of benzene rings is 1. The molecule has 2 N–H and O–H groups in total. The highest BCUT2D eigenvalue weighted by molar-refractivity contribution is 6.11. The molecule has 0 unspecified atom stereocenters. The van der Waals surface area contributed by atoms with Gasteiger partial charge in [-0.05, 0) is 13.0 Å². The van der Waals surface area contributed by atoms with Gasteiger partial charge < -0.3 is 9.40 Å². The Hall–Kier alpha value is -2.89. The standard InChI is InChI=1S/C14H11N3O3/c1-8-7-15-14(20-8)17-13(19)10-6-12(18)16-11-5-3-2-4-9(10)11/h2-7H,1H3,(H,16,18)(H,15,17,19). The van der Waals surface area contributed by atoms with Gasteiger partial charge in [0.15, 0.2) is 0 Å². The smallest absolute Gasteiger partial charge is 0.301 e. The molecule has 0 saturated heterocycles. The Morgan fingerprint density at radius 3 is 2.90 bits per heavy atom. The van der Waals surface area contributed by atoms with Crippen molar-refractivity contribution < 1.29 is 9.21 Å². The number of aromatic amines is 1. The number of anilines is 1. The van der Waals surface area contributed by atoms with Gasteiger partial charge in [-0.2, -0.15) is 0 Å². The van der Waals surface area contributed by atoms with E-state index in [0.717, 1.165) is 0 Å². The van der Waals surface area contributed by atoms with Crippen LogP contribution in [0.25, 0.3) is 10.9 Å². The Kier molecular flexibility index (Phi) is 2.83. The molecule has 0 aliphatic carbocycles. The van der Waals surface area contributed by atoms with Crippen LogP contribution in [0, 0.1) is 6.92 Å². The number of nitrogens with zero attached hydrogens (tertiary/aromatic N) is 1. The van der Waals surface area contributed by atoms with E-state index in [0.29, 0.717) is 16.7 Å². The minimum Gasteiger partial charge on any atom is -0.429 e. The number of hydrogen-bond donors (Lipinski definition) is 2. The summed E-state index contributed by atoms with van der Waals surface area (Å²) in [7, 11) is 0. The second-order valence-corrected chi connectivity index (χ2v) is 4.32. The quantitative estimate of drug-likeness (QED) is 0.745. The number of hydrogen-bond acceptors (Lipinski definition) is 4. The van der Waals surface area contributed by atoms with Crippen LogP contribution in [0.2, 0.25) is 0 Å². The first-order valence-corrected chi connectivity index (χ1v) is 5.99. The van der Waals surface area contributed by atoms with Crippen molar-refractivity contribution in [2.75, 3.05) is 5.32 Å². The molecule has 0 saturated carbocycles.